The van der Waals surface area contributed by atoms with Gasteiger partial charge in [-0.25, -0.2) is 0 Å². The third-order valence-electron chi connectivity index (χ3n) is 2.47. The number of rotatable bonds is 2. The van der Waals surface area contributed by atoms with Crippen LogP contribution in [0, 0.1) is 6.92 Å². The van der Waals surface area contributed by atoms with Crippen LogP contribution in [0.5, 0.6) is 0 Å². The molecule has 0 bridgehead atoms. The number of hydrogen-bond acceptors (Lipinski definition) is 3. The van der Waals surface area contributed by atoms with Gasteiger partial charge in [-0.15, -0.1) is 11.3 Å². The summed E-state index contributed by atoms with van der Waals surface area (Å²) in [7, 11) is 2.00. The van der Waals surface area contributed by atoms with E-state index in [4.69, 9.17) is 4.74 Å². The monoisotopic (exact) mass is 183 g/mol. The fraction of sp³-hybridized carbons (Fsp3) is 0.556. The van der Waals surface area contributed by atoms with Gasteiger partial charge in [0.25, 0.3) is 0 Å². The molecule has 2 rings (SSSR count). The van der Waals surface area contributed by atoms with Crippen LogP contribution in [0.25, 0.3) is 0 Å². The number of aryl methyl sites for hydroxylation is 1. The molecule has 0 aromatic carbocycles. The summed E-state index contributed by atoms with van der Waals surface area (Å²) in [5, 5.41) is 5.48. The van der Waals surface area contributed by atoms with Crippen molar-refractivity contribution >= 4 is 11.3 Å². The lowest BCUT2D eigenvalue weighted by Gasteiger charge is -2.41. The maximum absolute atomic E-state index is 5.25. The molecule has 0 spiro atoms. The summed E-state index contributed by atoms with van der Waals surface area (Å²) in [5.74, 6) is 0. The Hall–Kier alpha value is -0.380. The van der Waals surface area contributed by atoms with Crippen molar-refractivity contribution in [3.8, 4) is 0 Å². The lowest BCUT2D eigenvalue weighted by molar-refractivity contribution is -0.0731. The molecule has 0 atom stereocenters. The highest BCUT2D eigenvalue weighted by molar-refractivity contribution is 7.10. The second-order valence-electron chi connectivity index (χ2n) is 3.26. The van der Waals surface area contributed by atoms with Crippen LogP contribution in [0.3, 0.4) is 0 Å². The predicted molar refractivity (Wildman–Crippen MR) is 50.6 cm³/mol. The number of nitrogens with one attached hydrogen (secondary N) is 1. The number of hydrogen-bond donors (Lipinski definition) is 1. The fourth-order valence-electron chi connectivity index (χ4n) is 1.56. The predicted octanol–water partition coefficient (Wildman–Crippen LogP) is 1.50. The molecule has 0 aliphatic carbocycles. The summed E-state index contributed by atoms with van der Waals surface area (Å²) in [6, 6.07) is 2.16. The third kappa shape index (κ3) is 1.01. The van der Waals surface area contributed by atoms with Gasteiger partial charge in [-0.3, -0.25) is 0 Å². The van der Waals surface area contributed by atoms with Crippen LogP contribution >= 0.6 is 11.3 Å². The Labute approximate surface area is 76.6 Å². The van der Waals surface area contributed by atoms with Crippen LogP contribution in [-0.4, -0.2) is 20.3 Å². The van der Waals surface area contributed by atoms with E-state index in [2.05, 4.69) is 23.7 Å². The van der Waals surface area contributed by atoms with Crippen LogP contribution in [0.15, 0.2) is 11.4 Å². The van der Waals surface area contributed by atoms with E-state index in [9.17, 15) is 0 Å². The van der Waals surface area contributed by atoms with Crippen LogP contribution in [0.2, 0.25) is 0 Å². The molecule has 0 unspecified atom stereocenters. The van der Waals surface area contributed by atoms with Crippen LogP contribution < -0.4 is 5.32 Å². The van der Waals surface area contributed by atoms with E-state index in [1.54, 1.807) is 0 Å². The highest BCUT2D eigenvalue weighted by Crippen LogP contribution is 2.34. The molecule has 12 heavy (non-hydrogen) atoms. The Morgan fingerprint density at radius 1 is 1.58 bits per heavy atom. The Kier molecular flexibility index (Phi) is 1.94. The summed E-state index contributed by atoms with van der Waals surface area (Å²) in [4.78, 5) is 1.43. The lowest BCUT2D eigenvalue weighted by Crippen LogP contribution is -2.55. The molecule has 1 aliphatic rings. The summed E-state index contributed by atoms with van der Waals surface area (Å²) in [6.45, 7) is 3.78. The molecular formula is C9H13NOS. The van der Waals surface area contributed by atoms with Gasteiger partial charge < -0.3 is 10.1 Å². The van der Waals surface area contributed by atoms with E-state index in [1.807, 2.05) is 18.4 Å². The van der Waals surface area contributed by atoms with Crippen molar-refractivity contribution in [2.75, 3.05) is 20.3 Å². The molecule has 2 heterocycles. The highest BCUT2D eigenvalue weighted by Gasteiger charge is 2.40. The van der Waals surface area contributed by atoms with Gasteiger partial charge in [0.2, 0.25) is 0 Å². The molecule has 0 radical (unpaired) electrons. The molecular weight excluding hydrogens is 170 g/mol. The first-order valence-electron chi connectivity index (χ1n) is 4.10. The van der Waals surface area contributed by atoms with Crippen molar-refractivity contribution < 1.29 is 4.74 Å². The van der Waals surface area contributed by atoms with Gasteiger partial charge in [-0.2, -0.15) is 0 Å². The van der Waals surface area contributed by atoms with E-state index >= 15 is 0 Å². The summed E-state index contributed by atoms with van der Waals surface area (Å²) < 4.78 is 5.25. The van der Waals surface area contributed by atoms with E-state index in [-0.39, 0.29) is 5.54 Å². The molecule has 3 heteroatoms. The van der Waals surface area contributed by atoms with E-state index in [0.717, 1.165) is 13.2 Å². The van der Waals surface area contributed by atoms with Gasteiger partial charge in [-0.1, -0.05) is 0 Å². The minimum absolute atomic E-state index is 0.123. The average Bonchev–Trinajstić information content (AvgIpc) is 2.36. The van der Waals surface area contributed by atoms with E-state index in [0.29, 0.717) is 0 Å². The second-order valence-corrected chi connectivity index (χ2v) is 4.17. The Morgan fingerprint density at radius 2 is 2.33 bits per heavy atom. The maximum Gasteiger partial charge on any atom is 0.100 e. The van der Waals surface area contributed by atoms with Gasteiger partial charge in [0.15, 0.2) is 0 Å². The zero-order valence-corrected chi connectivity index (χ0v) is 8.20. The number of thiophene rings is 1. The van der Waals surface area contributed by atoms with Gasteiger partial charge >= 0.3 is 0 Å². The lowest BCUT2D eigenvalue weighted by atomic mass is 9.93. The van der Waals surface area contributed by atoms with Crippen LogP contribution in [0.1, 0.15) is 10.4 Å². The van der Waals surface area contributed by atoms with Crippen molar-refractivity contribution in [3.05, 3.63) is 21.9 Å². The average molecular weight is 183 g/mol. The molecule has 66 valence electrons. The highest BCUT2D eigenvalue weighted by atomic mass is 32.1. The largest absolute Gasteiger partial charge is 0.377 e. The topological polar surface area (TPSA) is 21.3 Å². The molecule has 1 aromatic rings. The SMILES string of the molecule is CNC1(c2sccc2C)COC1. The Morgan fingerprint density at radius 3 is 2.67 bits per heavy atom. The number of likely N-dealkylation sites (N-methyl/N-ethyl adjacent to an activating group) is 1. The first kappa shape index (κ1) is 8.23. The zero-order chi connectivity index (χ0) is 8.60. The second kappa shape index (κ2) is 2.83. The van der Waals surface area contributed by atoms with Crippen molar-refractivity contribution in [3.63, 3.8) is 0 Å². The summed E-state index contributed by atoms with van der Waals surface area (Å²) in [6.07, 6.45) is 0. The minimum atomic E-state index is 0.123. The van der Waals surface area contributed by atoms with Crippen LogP contribution in [-0.2, 0) is 10.3 Å². The van der Waals surface area contributed by atoms with E-state index in [1.165, 1.54) is 10.4 Å². The van der Waals surface area contributed by atoms with Crippen molar-refractivity contribution in [2.24, 2.45) is 0 Å². The quantitative estimate of drug-likeness (QED) is 0.750. The van der Waals surface area contributed by atoms with Crippen LogP contribution in [0.4, 0.5) is 0 Å². The molecule has 0 amide bonds. The van der Waals surface area contributed by atoms with Crippen molar-refractivity contribution in [2.45, 2.75) is 12.5 Å². The van der Waals surface area contributed by atoms with Gasteiger partial charge in [-0.05, 0) is 31.0 Å². The van der Waals surface area contributed by atoms with E-state index < -0.39 is 0 Å². The smallest absolute Gasteiger partial charge is 0.100 e. The normalized spacial score (nSPS) is 20.5. The standard InChI is InChI=1S/C9H13NOS/c1-7-3-4-12-8(7)9(10-2)5-11-6-9/h3-4,10H,5-6H2,1-2H3. The van der Waals surface area contributed by atoms with Gasteiger partial charge in [0.1, 0.15) is 5.54 Å². The fourth-order valence-corrected chi connectivity index (χ4v) is 2.67. The van der Waals surface area contributed by atoms with Gasteiger partial charge in [0.05, 0.1) is 13.2 Å². The Bertz CT molecular complexity index is 272. The minimum Gasteiger partial charge on any atom is -0.377 e. The summed E-state index contributed by atoms with van der Waals surface area (Å²) >= 11 is 1.81. The Balaban J connectivity index is 2.33. The maximum atomic E-state index is 5.25. The number of ether oxygens (including phenoxy) is 1. The van der Waals surface area contributed by atoms with Crippen molar-refractivity contribution in [1.82, 2.24) is 5.32 Å². The summed E-state index contributed by atoms with van der Waals surface area (Å²) in [5.41, 5.74) is 1.50. The molecule has 1 aliphatic heterocycles. The first-order chi connectivity index (χ1) is 5.78. The molecule has 2 nitrogen and oxygen atoms in total. The first-order valence-corrected chi connectivity index (χ1v) is 4.98. The molecule has 1 saturated heterocycles. The van der Waals surface area contributed by atoms with Gasteiger partial charge in [0, 0.05) is 4.88 Å². The third-order valence-corrected chi connectivity index (χ3v) is 3.69. The molecule has 0 saturated carbocycles. The molecule has 1 N–H and O–H groups in total. The van der Waals surface area contributed by atoms with Crippen molar-refractivity contribution in [1.29, 1.82) is 0 Å². The zero-order valence-electron chi connectivity index (χ0n) is 7.39. The molecule has 1 fully saturated rings. The molecule has 1 aromatic heterocycles.